The SMILES string of the molecule is COC(=O)c1ccc(Cl)c(NC(=O)CNC(=O)NC(C)C)c1. The van der Waals surface area contributed by atoms with Gasteiger partial charge in [-0.3, -0.25) is 4.79 Å². The Hall–Kier alpha value is -2.28. The van der Waals surface area contributed by atoms with E-state index < -0.39 is 17.9 Å². The van der Waals surface area contributed by atoms with Crippen LogP contribution in [0.25, 0.3) is 0 Å². The predicted octanol–water partition coefficient (Wildman–Crippen LogP) is 1.77. The van der Waals surface area contributed by atoms with Gasteiger partial charge >= 0.3 is 12.0 Å². The Balaban J connectivity index is 2.64. The lowest BCUT2D eigenvalue weighted by molar-refractivity contribution is -0.115. The highest BCUT2D eigenvalue weighted by Crippen LogP contribution is 2.23. The molecule has 0 atom stereocenters. The summed E-state index contributed by atoms with van der Waals surface area (Å²) in [7, 11) is 1.26. The number of amides is 3. The molecule has 1 aromatic rings. The van der Waals surface area contributed by atoms with Gasteiger partial charge in [0.1, 0.15) is 0 Å². The van der Waals surface area contributed by atoms with Crippen LogP contribution in [0.2, 0.25) is 5.02 Å². The molecule has 0 saturated carbocycles. The van der Waals surface area contributed by atoms with Crippen LogP contribution < -0.4 is 16.0 Å². The molecule has 0 aliphatic rings. The Labute approximate surface area is 133 Å². The summed E-state index contributed by atoms with van der Waals surface area (Å²) in [4.78, 5) is 34.6. The zero-order valence-corrected chi connectivity index (χ0v) is 13.3. The van der Waals surface area contributed by atoms with Crippen LogP contribution >= 0.6 is 11.6 Å². The first-order chi connectivity index (χ1) is 10.3. The van der Waals surface area contributed by atoms with Crippen LogP contribution in [0.15, 0.2) is 18.2 Å². The minimum absolute atomic E-state index is 0.0331. The van der Waals surface area contributed by atoms with Crippen molar-refractivity contribution in [3.05, 3.63) is 28.8 Å². The number of hydrogen-bond donors (Lipinski definition) is 3. The fourth-order valence-corrected chi connectivity index (χ4v) is 1.70. The molecule has 3 N–H and O–H groups in total. The maximum absolute atomic E-state index is 11.8. The number of rotatable bonds is 5. The van der Waals surface area contributed by atoms with E-state index in [4.69, 9.17) is 11.6 Å². The first kappa shape index (κ1) is 17.8. The highest BCUT2D eigenvalue weighted by Gasteiger charge is 2.12. The smallest absolute Gasteiger partial charge is 0.337 e. The first-order valence-electron chi connectivity index (χ1n) is 6.55. The quantitative estimate of drug-likeness (QED) is 0.718. The Morgan fingerprint density at radius 3 is 2.55 bits per heavy atom. The summed E-state index contributed by atoms with van der Waals surface area (Å²) in [5.74, 6) is -1.01. The molecule has 0 aliphatic heterocycles. The Morgan fingerprint density at radius 2 is 1.95 bits per heavy atom. The van der Waals surface area contributed by atoms with E-state index in [1.165, 1.54) is 25.3 Å². The largest absolute Gasteiger partial charge is 0.465 e. The van der Waals surface area contributed by atoms with Gasteiger partial charge in [-0.25, -0.2) is 9.59 Å². The van der Waals surface area contributed by atoms with Crippen molar-refractivity contribution in [2.75, 3.05) is 19.0 Å². The number of carbonyl (C=O) groups excluding carboxylic acids is 3. The van der Waals surface area contributed by atoms with Crippen LogP contribution in [-0.2, 0) is 9.53 Å². The Bertz CT molecular complexity index is 575. The molecular weight excluding hydrogens is 310 g/mol. The lowest BCUT2D eigenvalue weighted by atomic mass is 10.2. The third-order valence-electron chi connectivity index (χ3n) is 2.49. The van der Waals surface area contributed by atoms with Gasteiger partial charge in [0.15, 0.2) is 0 Å². The molecule has 1 aromatic carbocycles. The number of esters is 1. The molecular formula is C14H18ClN3O4. The van der Waals surface area contributed by atoms with Crippen molar-refractivity contribution in [1.82, 2.24) is 10.6 Å². The van der Waals surface area contributed by atoms with E-state index in [0.717, 1.165) is 0 Å². The molecule has 0 saturated heterocycles. The van der Waals surface area contributed by atoms with Crippen molar-refractivity contribution >= 4 is 35.2 Å². The van der Waals surface area contributed by atoms with Crippen LogP contribution in [0, 0.1) is 0 Å². The van der Waals surface area contributed by atoms with E-state index in [9.17, 15) is 14.4 Å². The van der Waals surface area contributed by atoms with E-state index in [2.05, 4.69) is 20.7 Å². The van der Waals surface area contributed by atoms with E-state index in [0.29, 0.717) is 0 Å². The van der Waals surface area contributed by atoms with E-state index in [1.54, 1.807) is 13.8 Å². The number of nitrogens with one attached hydrogen (secondary N) is 3. The molecule has 3 amide bonds. The molecule has 22 heavy (non-hydrogen) atoms. The van der Waals surface area contributed by atoms with Gasteiger partial charge in [-0.2, -0.15) is 0 Å². The lowest BCUT2D eigenvalue weighted by Gasteiger charge is -2.11. The van der Waals surface area contributed by atoms with Crippen molar-refractivity contribution in [2.24, 2.45) is 0 Å². The lowest BCUT2D eigenvalue weighted by Crippen LogP contribution is -2.42. The van der Waals surface area contributed by atoms with E-state index in [-0.39, 0.29) is 28.9 Å². The molecule has 0 radical (unpaired) electrons. The van der Waals surface area contributed by atoms with Gasteiger partial charge in [-0.15, -0.1) is 0 Å². The zero-order chi connectivity index (χ0) is 16.7. The molecule has 0 fully saturated rings. The number of benzene rings is 1. The third kappa shape index (κ3) is 5.61. The molecule has 8 heteroatoms. The van der Waals surface area contributed by atoms with Gasteiger partial charge in [0.25, 0.3) is 0 Å². The van der Waals surface area contributed by atoms with Crippen molar-refractivity contribution in [3.8, 4) is 0 Å². The summed E-state index contributed by atoms with van der Waals surface area (Å²) in [6, 6.07) is 3.88. The fourth-order valence-electron chi connectivity index (χ4n) is 1.53. The predicted molar refractivity (Wildman–Crippen MR) is 83.1 cm³/mol. The number of methoxy groups -OCH3 is 1. The molecule has 120 valence electrons. The van der Waals surface area contributed by atoms with Gasteiger partial charge in [0.2, 0.25) is 5.91 Å². The maximum Gasteiger partial charge on any atom is 0.337 e. The van der Waals surface area contributed by atoms with Gasteiger partial charge in [0.05, 0.1) is 29.9 Å². The minimum atomic E-state index is -0.540. The number of hydrogen-bond acceptors (Lipinski definition) is 4. The summed E-state index contributed by atoms with van der Waals surface area (Å²) in [6.45, 7) is 3.38. The standard InChI is InChI=1S/C14H18ClN3O4/c1-8(2)17-14(21)16-7-12(19)18-11-6-9(13(20)22-3)4-5-10(11)15/h4-6,8H,7H2,1-3H3,(H,18,19)(H2,16,17,21). The molecule has 7 nitrogen and oxygen atoms in total. The van der Waals surface area contributed by atoms with Crippen molar-refractivity contribution in [3.63, 3.8) is 0 Å². The second-order valence-electron chi connectivity index (χ2n) is 4.72. The van der Waals surface area contributed by atoms with Gasteiger partial charge in [-0.1, -0.05) is 11.6 Å². The second kappa shape index (κ2) is 8.23. The number of halogens is 1. The molecule has 0 aliphatic carbocycles. The topological polar surface area (TPSA) is 96.5 Å². The Morgan fingerprint density at radius 1 is 1.27 bits per heavy atom. The summed E-state index contributed by atoms with van der Waals surface area (Å²) in [5, 5.41) is 7.78. The highest BCUT2D eigenvalue weighted by molar-refractivity contribution is 6.33. The van der Waals surface area contributed by atoms with E-state index in [1.807, 2.05) is 0 Å². The molecule has 0 bridgehead atoms. The molecule has 0 unspecified atom stereocenters. The summed E-state index contributed by atoms with van der Waals surface area (Å²) < 4.78 is 4.59. The van der Waals surface area contributed by atoms with Crippen molar-refractivity contribution < 1.29 is 19.1 Å². The second-order valence-corrected chi connectivity index (χ2v) is 5.12. The maximum atomic E-state index is 11.8. The monoisotopic (exact) mass is 327 g/mol. The summed E-state index contributed by atoms with van der Waals surface area (Å²) >= 11 is 5.95. The number of urea groups is 1. The number of anilines is 1. The number of carbonyl (C=O) groups is 3. The summed E-state index contributed by atoms with van der Waals surface area (Å²) in [5.41, 5.74) is 0.522. The fraction of sp³-hybridized carbons (Fsp3) is 0.357. The highest BCUT2D eigenvalue weighted by atomic mass is 35.5. The normalized spacial score (nSPS) is 10.0. The van der Waals surface area contributed by atoms with Gasteiger partial charge < -0.3 is 20.7 Å². The van der Waals surface area contributed by atoms with Crippen LogP contribution in [0.1, 0.15) is 24.2 Å². The Kier molecular flexibility index (Phi) is 6.65. The van der Waals surface area contributed by atoms with Crippen LogP contribution in [0.4, 0.5) is 10.5 Å². The van der Waals surface area contributed by atoms with Gasteiger partial charge in [0, 0.05) is 6.04 Å². The number of ether oxygens (including phenoxy) is 1. The zero-order valence-electron chi connectivity index (χ0n) is 12.5. The average molecular weight is 328 g/mol. The molecule has 1 rings (SSSR count). The van der Waals surface area contributed by atoms with E-state index >= 15 is 0 Å². The molecule has 0 heterocycles. The van der Waals surface area contributed by atoms with Crippen LogP contribution in [0.3, 0.4) is 0 Å². The van der Waals surface area contributed by atoms with Crippen LogP contribution in [0.5, 0.6) is 0 Å². The van der Waals surface area contributed by atoms with Crippen molar-refractivity contribution in [1.29, 1.82) is 0 Å². The molecule has 0 spiro atoms. The summed E-state index contributed by atoms with van der Waals surface area (Å²) in [6.07, 6.45) is 0. The molecule has 0 aromatic heterocycles. The minimum Gasteiger partial charge on any atom is -0.465 e. The van der Waals surface area contributed by atoms with Gasteiger partial charge in [-0.05, 0) is 32.0 Å². The third-order valence-corrected chi connectivity index (χ3v) is 2.82. The van der Waals surface area contributed by atoms with Crippen molar-refractivity contribution in [2.45, 2.75) is 19.9 Å². The van der Waals surface area contributed by atoms with Crippen LogP contribution in [-0.4, -0.2) is 37.6 Å². The first-order valence-corrected chi connectivity index (χ1v) is 6.93. The average Bonchev–Trinajstić information content (AvgIpc) is 2.46.